The Labute approximate surface area is 129 Å². The summed E-state index contributed by atoms with van der Waals surface area (Å²) in [6, 6.07) is 11.7. The van der Waals surface area contributed by atoms with Gasteiger partial charge in [-0.3, -0.25) is 9.78 Å². The fraction of sp³-hybridized carbons (Fsp3) is 0.294. The smallest absolute Gasteiger partial charge is 0.254 e. The Kier molecular flexibility index (Phi) is 4.20. The number of carbonyl (C=O) groups is 1. The van der Waals surface area contributed by atoms with Crippen LogP contribution in [0.5, 0.6) is 0 Å². The van der Waals surface area contributed by atoms with E-state index in [1.54, 1.807) is 12.4 Å². The Bertz CT molecular complexity index is 612. The van der Waals surface area contributed by atoms with E-state index in [-0.39, 0.29) is 11.9 Å². The lowest BCUT2D eigenvalue weighted by Gasteiger charge is -2.25. The van der Waals surface area contributed by atoms with Crippen LogP contribution in [0.4, 0.5) is 0 Å². The Morgan fingerprint density at radius 1 is 1.19 bits per heavy atom. The lowest BCUT2D eigenvalue weighted by molar-refractivity contribution is 0.0735. The maximum Gasteiger partial charge on any atom is 0.254 e. The number of rotatable bonds is 3. The Morgan fingerprint density at radius 2 is 1.90 bits per heavy atom. The number of carbonyl (C=O) groups excluding carboxylic acids is 1. The molecule has 0 spiro atoms. The van der Waals surface area contributed by atoms with Crippen molar-refractivity contribution in [2.24, 2.45) is 0 Å². The molecule has 1 aromatic heterocycles. The van der Waals surface area contributed by atoms with Gasteiger partial charge in [0, 0.05) is 30.4 Å². The second-order valence-electron chi connectivity index (χ2n) is 5.27. The van der Waals surface area contributed by atoms with Crippen molar-refractivity contribution < 1.29 is 4.79 Å². The summed E-state index contributed by atoms with van der Waals surface area (Å²) in [5.74, 6) is 0.563. The third-order valence-electron chi connectivity index (χ3n) is 3.96. The molecule has 1 aliphatic heterocycles. The highest BCUT2D eigenvalue weighted by molar-refractivity contribution is 6.17. The molecule has 0 saturated carbocycles. The van der Waals surface area contributed by atoms with Gasteiger partial charge in [-0.1, -0.05) is 12.1 Å². The van der Waals surface area contributed by atoms with Gasteiger partial charge >= 0.3 is 0 Å². The summed E-state index contributed by atoms with van der Waals surface area (Å²) >= 11 is 5.79. The average molecular weight is 301 g/mol. The van der Waals surface area contributed by atoms with Crippen LogP contribution in [-0.2, 0) is 5.88 Å². The summed E-state index contributed by atoms with van der Waals surface area (Å²) in [7, 11) is 0. The summed E-state index contributed by atoms with van der Waals surface area (Å²) < 4.78 is 0. The molecule has 0 radical (unpaired) electrons. The van der Waals surface area contributed by atoms with E-state index in [4.69, 9.17) is 11.6 Å². The standard InChI is InChI=1S/C17H17ClN2O/c18-12-13-3-5-15(6-4-13)17(21)20-11-1-2-16(20)14-7-9-19-10-8-14/h3-10,16H,1-2,11-12H2. The molecule has 1 amide bonds. The van der Waals surface area contributed by atoms with Crippen LogP contribution in [0.15, 0.2) is 48.8 Å². The summed E-state index contributed by atoms with van der Waals surface area (Å²) in [6.45, 7) is 0.809. The predicted octanol–water partition coefficient (Wildman–Crippen LogP) is 3.80. The van der Waals surface area contributed by atoms with Crippen molar-refractivity contribution in [1.29, 1.82) is 0 Å². The first-order valence-corrected chi connectivity index (χ1v) is 7.69. The van der Waals surface area contributed by atoms with Gasteiger partial charge in [-0.05, 0) is 48.2 Å². The fourth-order valence-corrected chi connectivity index (χ4v) is 3.02. The van der Waals surface area contributed by atoms with Crippen LogP contribution < -0.4 is 0 Å². The van der Waals surface area contributed by atoms with Crippen LogP contribution in [0.25, 0.3) is 0 Å². The van der Waals surface area contributed by atoms with E-state index in [9.17, 15) is 4.79 Å². The minimum atomic E-state index is 0.0930. The quantitative estimate of drug-likeness (QED) is 0.808. The van der Waals surface area contributed by atoms with E-state index in [2.05, 4.69) is 4.98 Å². The molecule has 2 heterocycles. The molecule has 4 heteroatoms. The normalized spacial score (nSPS) is 18.0. The molecule has 1 unspecified atom stereocenters. The van der Waals surface area contributed by atoms with Crippen molar-refractivity contribution in [3.63, 3.8) is 0 Å². The van der Waals surface area contributed by atoms with Crippen LogP contribution in [0.1, 0.15) is 40.4 Å². The SMILES string of the molecule is O=C(c1ccc(CCl)cc1)N1CCCC1c1ccncc1. The highest BCUT2D eigenvalue weighted by atomic mass is 35.5. The summed E-state index contributed by atoms with van der Waals surface area (Å²) in [5.41, 5.74) is 2.92. The molecule has 1 aromatic carbocycles. The molecule has 108 valence electrons. The highest BCUT2D eigenvalue weighted by Gasteiger charge is 2.30. The molecule has 2 aromatic rings. The molecule has 1 saturated heterocycles. The lowest BCUT2D eigenvalue weighted by Crippen LogP contribution is -2.30. The topological polar surface area (TPSA) is 33.2 Å². The van der Waals surface area contributed by atoms with Crippen molar-refractivity contribution in [3.8, 4) is 0 Å². The van der Waals surface area contributed by atoms with E-state index in [0.29, 0.717) is 5.88 Å². The summed E-state index contributed by atoms with van der Waals surface area (Å²) in [4.78, 5) is 18.7. The number of hydrogen-bond acceptors (Lipinski definition) is 2. The minimum Gasteiger partial charge on any atom is -0.332 e. The molecule has 1 aliphatic rings. The Balaban J connectivity index is 1.82. The van der Waals surface area contributed by atoms with Crippen LogP contribution in [0, 0.1) is 0 Å². The first-order chi connectivity index (χ1) is 10.3. The van der Waals surface area contributed by atoms with Crippen molar-refractivity contribution in [3.05, 3.63) is 65.5 Å². The number of aromatic nitrogens is 1. The largest absolute Gasteiger partial charge is 0.332 e. The maximum atomic E-state index is 12.7. The number of halogens is 1. The van der Waals surface area contributed by atoms with Crippen LogP contribution in [-0.4, -0.2) is 22.3 Å². The lowest BCUT2D eigenvalue weighted by atomic mass is 10.1. The molecular weight excluding hydrogens is 284 g/mol. The van der Waals surface area contributed by atoms with E-state index >= 15 is 0 Å². The van der Waals surface area contributed by atoms with Crippen molar-refractivity contribution in [2.45, 2.75) is 24.8 Å². The van der Waals surface area contributed by atoms with Gasteiger partial charge in [0.25, 0.3) is 5.91 Å². The molecule has 0 bridgehead atoms. The maximum absolute atomic E-state index is 12.7. The third kappa shape index (κ3) is 2.93. The molecule has 1 atom stereocenters. The molecule has 21 heavy (non-hydrogen) atoms. The number of pyridine rings is 1. The number of likely N-dealkylation sites (tertiary alicyclic amines) is 1. The van der Waals surface area contributed by atoms with E-state index in [0.717, 1.165) is 36.1 Å². The first-order valence-electron chi connectivity index (χ1n) is 7.15. The van der Waals surface area contributed by atoms with Gasteiger partial charge < -0.3 is 4.90 Å². The zero-order chi connectivity index (χ0) is 14.7. The minimum absolute atomic E-state index is 0.0930. The number of amides is 1. The van der Waals surface area contributed by atoms with E-state index in [1.807, 2.05) is 41.3 Å². The second-order valence-corrected chi connectivity index (χ2v) is 5.53. The third-order valence-corrected chi connectivity index (χ3v) is 4.27. The highest BCUT2D eigenvalue weighted by Crippen LogP contribution is 2.32. The van der Waals surface area contributed by atoms with E-state index < -0.39 is 0 Å². The molecule has 3 nitrogen and oxygen atoms in total. The summed E-state index contributed by atoms with van der Waals surface area (Å²) in [5, 5.41) is 0. The molecule has 1 fully saturated rings. The number of hydrogen-bond donors (Lipinski definition) is 0. The fourth-order valence-electron chi connectivity index (χ4n) is 2.84. The summed E-state index contributed by atoms with van der Waals surface area (Å²) in [6.07, 6.45) is 5.62. The van der Waals surface area contributed by atoms with Crippen LogP contribution in [0.2, 0.25) is 0 Å². The predicted molar refractivity (Wildman–Crippen MR) is 83.2 cm³/mol. The molecule has 0 aliphatic carbocycles. The van der Waals surface area contributed by atoms with E-state index in [1.165, 1.54) is 0 Å². The van der Waals surface area contributed by atoms with Gasteiger partial charge in [0.2, 0.25) is 0 Å². The van der Waals surface area contributed by atoms with Crippen LogP contribution >= 0.6 is 11.6 Å². The number of alkyl halides is 1. The zero-order valence-corrected chi connectivity index (χ0v) is 12.5. The van der Waals surface area contributed by atoms with Crippen LogP contribution in [0.3, 0.4) is 0 Å². The number of nitrogens with zero attached hydrogens (tertiary/aromatic N) is 2. The molecule has 0 N–H and O–H groups in total. The first kappa shape index (κ1) is 14.1. The van der Waals surface area contributed by atoms with Gasteiger partial charge in [-0.25, -0.2) is 0 Å². The van der Waals surface area contributed by atoms with Gasteiger partial charge in [0.1, 0.15) is 0 Å². The zero-order valence-electron chi connectivity index (χ0n) is 11.7. The monoisotopic (exact) mass is 300 g/mol. The van der Waals surface area contributed by atoms with Gasteiger partial charge in [-0.15, -0.1) is 11.6 Å². The van der Waals surface area contributed by atoms with Crippen molar-refractivity contribution in [1.82, 2.24) is 9.88 Å². The number of benzene rings is 1. The second kappa shape index (κ2) is 6.27. The van der Waals surface area contributed by atoms with Crippen molar-refractivity contribution in [2.75, 3.05) is 6.54 Å². The average Bonchev–Trinajstić information content (AvgIpc) is 3.04. The molecular formula is C17H17ClN2O. The van der Waals surface area contributed by atoms with Gasteiger partial charge in [0.05, 0.1) is 6.04 Å². The Hall–Kier alpha value is -1.87. The van der Waals surface area contributed by atoms with Crippen molar-refractivity contribution >= 4 is 17.5 Å². The molecule has 3 rings (SSSR count). The van der Waals surface area contributed by atoms with Gasteiger partial charge in [-0.2, -0.15) is 0 Å². The van der Waals surface area contributed by atoms with Gasteiger partial charge in [0.15, 0.2) is 0 Å². The Morgan fingerprint density at radius 3 is 2.57 bits per heavy atom.